The molecule has 0 saturated carbocycles. The van der Waals surface area contributed by atoms with E-state index in [0.717, 1.165) is 5.69 Å². The molecule has 0 aliphatic carbocycles. The van der Waals surface area contributed by atoms with Crippen molar-refractivity contribution in [3.63, 3.8) is 0 Å². The van der Waals surface area contributed by atoms with Crippen molar-refractivity contribution in [3.05, 3.63) is 23.5 Å². The molecule has 0 aliphatic heterocycles. The first kappa shape index (κ1) is 11.3. The number of hydrogen-bond donors (Lipinski definition) is 1. The molecule has 1 aromatic rings. The molecule has 1 heterocycles. The Morgan fingerprint density at radius 3 is 2.07 bits per heavy atom. The van der Waals surface area contributed by atoms with Gasteiger partial charge in [0, 0.05) is 11.4 Å². The van der Waals surface area contributed by atoms with Crippen molar-refractivity contribution in [3.8, 4) is 0 Å². The summed E-state index contributed by atoms with van der Waals surface area (Å²) >= 11 is 0. The Labute approximate surface area is 87.4 Å². The average Bonchev–Trinajstić information content (AvgIpc) is 2.64. The van der Waals surface area contributed by atoms with Gasteiger partial charge in [0.2, 0.25) is 0 Å². The second-order valence-electron chi connectivity index (χ2n) is 3.08. The summed E-state index contributed by atoms with van der Waals surface area (Å²) in [5.74, 6) is -2.30. The molecule has 0 aliphatic rings. The number of hydrogen-bond acceptors (Lipinski definition) is 4. The van der Waals surface area contributed by atoms with Gasteiger partial charge in [-0.15, -0.1) is 0 Å². The van der Waals surface area contributed by atoms with Gasteiger partial charge in [-0.2, -0.15) is 0 Å². The highest BCUT2D eigenvalue weighted by atomic mass is 16.5. The van der Waals surface area contributed by atoms with Gasteiger partial charge < -0.3 is 14.5 Å². The largest absolute Gasteiger partial charge is 0.468 e. The minimum atomic E-state index is -1.03. The van der Waals surface area contributed by atoms with E-state index < -0.39 is 17.9 Å². The lowest BCUT2D eigenvalue weighted by Gasteiger charge is -2.10. The molecule has 15 heavy (non-hydrogen) atoms. The molecule has 1 rings (SSSR count). The third kappa shape index (κ3) is 2.37. The van der Waals surface area contributed by atoms with Gasteiger partial charge >= 0.3 is 11.9 Å². The zero-order chi connectivity index (χ0) is 11.4. The van der Waals surface area contributed by atoms with Crippen molar-refractivity contribution < 1.29 is 19.1 Å². The minimum absolute atomic E-state index is 0.478. The SMILES string of the molecule is COC(=O)C(C(=O)OC)c1ccc(C)[nH]1. The highest BCUT2D eigenvalue weighted by molar-refractivity contribution is 6.00. The van der Waals surface area contributed by atoms with Crippen LogP contribution in [0.1, 0.15) is 17.3 Å². The Hall–Kier alpha value is -1.78. The molecule has 0 aromatic carbocycles. The first-order valence-corrected chi connectivity index (χ1v) is 4.41. The van der Waals surface area contributed by atoms with Gasteiger partial charge in [0.25, 0.3) is 0 Å². The summed E-state index contributed by atoms with van der Waals surface area (Å²) in [5.41, 5.74) is 1.34. The average molecular weight is 211 g/mol. The fourth-order valence-electron chi connectivity index (χ4n) is 1.28. The van der Waals surface area contributed by atoms with Crippen LogP contribution < -0.4 is 0 Å². The van der Waals surface area contributed by atoms with Gasteiger partial charge in [-0.3, -0.25) is 9.59 Å². The summed E-state index contributed by atoms with van der Waals surface area (Å²) in [6.45, 7) is 1.83. The lowest BCUT2D eigenvalue weighted by molar-refractivity contribution is -0.154. The fraction of sp³-hybridized carbons (Fsp3) is 0.400. The molecule has 1 N–H and O–H groups in total. The van der Waals surface area contributed by atoms with Gasteiger partial charge in [-0.05, 0) is 19.1 Å². The minimum Gasteiger partial charge on any atom is -0.468 e. The molecule has 0 fully saturated rings. The normalized spacial score (nSPS) is 10.1. The monoisotopic (exact) mass is 211 g/mol. The lowest BCUT2D eigenvalue weighted by Crippen LogP contribution is -2.24. The number of aromatic nitrogens is 1. The number of methoxy groups -OCH3 is 2. The van der Waals surface area contributed by atoms with Crippen molar-refractivity contribution in [2.24, 2.45) is 0 Å². The Morgan fingerprint density at radius 1 is 1.20 bits per heavy atom. The molecule has 0 radical (unpaired) electrons. The molecule has 0 saturated heterocycles. The smallest absolute Gasteiger partial charge is 0.326 e. The summed E-state index contributed by atoms with van der Waals surface area (Å²) in [6, 6.07) is 3.43. The van der Waals surface area contributed by atoms with Gasteiger partial charge in [0.05, 0.1) is 14.2 Å². The number of H-pyrrole nitrogens is 1. The van der Waals surface area contributed by atoms with Gasteiger partial charge in [0.15, 0.2) is 5.92 Å². The van der Waals surface area contributed by atoms with Gasteiger partial charge in [-0.25, -0.2) is 0 Å². The standard InChI is InChI=1S/C10H13NO4/c1-6-4-5-7(11-6)8(9(12)14-2)10(13)15-3/h4-5,8,11H,1-3H3. The molecule has 0 bridgehead atoms. The molecule has 0 atom stereocenters. The van der Waals surface area contributed by atoms with Crippen molar-refractivity contribution in [1.29, 1.82) is 0 Å². The van der Waals surface area contributed by atoms with E-state index in [1.54, 1.807) is 12.1 Å². The van der Waals surface area contributed by atoms with Gasteiger partial charge in [0.1, 0.15) is 0 Å². The van der Waals surface area contributed by atoms with Crippen molar-refractivity contribution >= 4 is 11.9 Å². The molecule has 5 heteroatoms. The molecule has 0 unspecified atom stereocenters. The van der Waals surface area contributed by atoms with Crippen LogP contribution in [0.15, 0.2) is 12.1 Å². The van der Waals surface area contributed by atoms with E-state index >= 15 is 0 Å². The second kappa shape index (κ2) is 4.63. The molecule has 1 aromatic heterocycles. The van der Waals surface area contributed by atoms with E-state index in [1.165, 1.54) is 14.2 Å². The first-order valence-electron chi connectivity index (χ1n) is 4.41. The van der Waals surface area contributed by atoms with E-state index in [9.17, 15) is 9.59 Å². The Kier molecular flexibility index (Phi) is 3.49. The lowest BCUT2D eigenvalue weighted by atomic mass is 10.1. The second-order valence-corrected chi connectivity index (χ2v) is 3.08. The molecule has 0 amide bonds. The van der Waals surface area contributed by atoms with E-state index in [-0.39, 0.29) is 0 Å². The van der Waals surface area contributed by atoms with Crippen LogP contribution in [0.5, 0.6) is 0 Å². The number of aryl methyl sites for hydroxylation is 1. The number of ether oxygens (including phenoxy) is 2. The summed E-state index contributed by atoms with van der Waals surface area (Å²) < 4.78 is 9.08. The van der Waals surface area contributed by atoms with Crippen molar-refractivity contribution in [2.45, 2.75) is 12.8 Å². The number of aromatic amines is 1. The highest BCUT2D eigenvalue weighted by Gasteiger charge is 2.31. The number of rotatable bonds is 3. The number of carbonyl (C=O) groups is 2. The first-order chi connectivity index (χ1) is 7.10. The van der Waals surface area contributed by atoms with Crippen LogP contribution in [0, 0.1) is 6.92 Å². The maximum absolute atomic E-state index is 11.4. The van der Waals surface area contributed by atoms with E-state index in [2.05, 4.69) is 14.5 Å². The number of esters is 2. The fourth-order valence-corrected chi connectivity index (χ4v) is 1.28. The quantitative estimate of drug-likeness (QED) is 0.591. The summed E-state index contributed by atoms with van der Waals surface area (Å²) in [7, 11) is 2.46. The van der Waals surface area contributed by atoms with Crippen LogP contribution in [-0.2, 0) is 19.1 Å². The molecule has 0 spiro atoms. The number of carbonyl (C=O) groups excluding carboxylic acids is 2. The van der Waals surface area contributed by atoms with E-state index in [0.29, 0.717) is 5.69 Å². The Balaban J connectivity index is 3.01. The topological polar surface area (TPSA) is 68.4 Å². The van der Waals surface area contributed by atoms with Crippen molar-refractivity contribution in [2.75, 3.05) is 14.2 Å². The molecular formula is C10H13NO4. The van der Waals surface area contributed by atoms with Crippen LogP contribution in [0.3, 0.4) is 0 Å². The van der Waals surface area contributed by atoms with Crippen LogP contribution in [-0.4, -0.2) is 31.1 Å². The van der Waals surface area contributed by atoms with Crippen LogP contribution >= 0.6 is 0 Å². The molecule has 5 nitrogen and oxygen atoms in total. The zero-order valence-corrected chi connectivity index (χ0v) is 8.87. The molecule has 82 valence electrons. The Bertz CT molecular complexity index is 353. The van der Waals surface area contributed by atoms with E-state index in [1.807, 2.05) is 6.92 Å². The maximum Gasteiger partial charge on any atom is 0.326 e. The summed E-state index contributed by atoms with van der Waals surface area (Å²) in [6.07, 6.45) is 0. The Morgan fingerprint density at radius 2 is 1.73 bits per heavy atom. The molecular weight excluding hydrogens is 198 g/mol. The summed E-state index contributed by atoms with van der Waals surface area (Å²) in [5, 5.41) is 0. The third-order valence-corrected chi connectivity index (χ3v) is 2.04. The van der Waals surface area contributed by atoms with E-state index in [4.69, 9.17) is 0 Å². The number of nitrogens with one attached hydrogen (secondary N) is 1. The van der Waals surface area contributed by atoms with Gasteiger partial charge in [-0.1, -0.05) is 0 Å². The van der Waals surface area contributed by atoms with Crippen LogP contribution in [0.2, 0.25) is 0 Å². The van der Waals surface area contributed by atoms with Crippen LogP contribution in [0.4, 0.5) is 0 Å². The van der Waals surface area contributed by atoms with Crippen molar-refractivity contribution in [1.82, 2.24) is 4.98 Å². The maximum atomic E-state index is 11.4. The zero-order valence-electron chi connectivity index (χ0n) is 8.87. The van der Waals surface area contributed by atoms with Crippen LogP contribution in [0.25, 0.3) is 0 Å². The summed E-state index contributed by atoms with van der Waals surface area (Å²) in [4.78, 5) is 25.7. The third-order valence-electron chi connectivity index (χ3n) is 2.04. The predicted molar refractivity (Wildman–Crippen MR) is 52.3 cm³/mol. The highest BCUT2D eigenvalue weighted by Crippen LogP contribution is 2.18. The predicted octanol–water partition coefficient (Wildman–Crippen LogP) is 0.753.